The molecule has 0 radical (unpaired) electrons. The molecule has 0 atom stereocenters. The fraction of sp³-hybridized carbons (Fsp3) is 0.214. The standard InChI is InChI=1S/C14H14ClFN2O/c1-18-8-2-3-11(18)5-7-14(19)17-10-4-6-13(16)12(15)9-10/h2-4,6,8-9H,5,7H2,1H3,(H,17,19). The number of hydrogen-bond acceptors (Lipinski definition) is 1. The summed E-state index contributed by atoms with van der Waals surface area (Å²) in [6.45, 7) is 0. The van der Waals surface area contributed by atoms with Crippen molar-refractivity contribution in [3.63, 3.8) is 0 Å². The first-order valence-corrected chi connectivity index (χ1v) is 6.29. The summed E-state index contributed by atoms with van der Waals surface area (Å²) in [4.78, 5) is 11.8. The second kappa shape index (κ2) is 5.89. The maximum atomic E-state index is 13.0. The minimum Gasteiger partial charge on any atom is -0.354 e. The normalized spacial score (nSPS) is 10.5. The highest BCUT2D eigenvalue weighted by molar-refractivity contribution is 6.31. The molecule has 1 heterocycles. The number of benzene rings is 1. The lowest BCUT2D eigenvalue weighted by Gasteiger charge is -2.06. The minimum absolute atomic E-state index is 0.000217. The summed E-state index contributed by atoms with van der Waals surface area (Å²) in [5.41, 5.74) is 1.59. The lowest BCUT2D eigenvalue weighted by Crippen LogP contribution is -2.13. The maximum absolute atomic E-state index is 13.0. The predicted molar refractivity (Wildman–Crippen MR) is 73.8 cm³/mol. The molecule has 3 nitrogen and oxygen atoms in total. The van der Waals surface area contributed by atoms with Crippen LogP contribution in [0.3, 0.4) is 0 Å². The number of carbonyl (C=O) groups excluding carboxylic acids is 1. The van der Waals surface area contributed by atoms with Crippen LogP contribution in [0.2, 0.25) is 5.02 Å². The largest absolute Gasteiger partial charge is 0.354 e. The fourth-order valence-corrected chi connectivity index (χ4v) is 1.98. The zero-order chi connectivity index (χ0) is 13.8. The Bertz CT molecular complexity index is 595. The van der Waals surface area contributed by atoms with E-state index in [0.717, 1.165) is 5.69 Å². The Hall–Kier alpha value is -1.81. The molecule has 1 aromatic heterocycles. The molecule has 0 aliphatic carbocycles. The van der Waals surface area contributed by atoms with Crippen molar-refractivity contribution in [1.29, 1.82) is 0 Å². The van der Waals surface area contributed by atoms with E-state index in [-0.39, 0.29) is 10.9 Å². The van der Waals surface area contributed by atoms with Gasteiger partial charge in [0.1, 0.15) is 5.82 Å². The van der Waals surface area contributed by atoms with Crippen molar-refractivity contribution >= 4 is 23.2 Å². The molecule has 0 unspecified atom stereocenters. The van der Waals surface area contributed by atoms with Crippen molar-refractivity contribution < 1.29 is 9.18 Å². The fourth-order valence-electron chi connectivity index (χ4n) is 1.80. The summed E-state index contributed by atoms with van der Waals surface area (Å²) in [7, 11) is 1.94. The summed E-state index contributed by atoms with van der Waals surface area (Å²) in [5, 5.41) is 2.69. The number of halogens is 2. The first kappa shape index (κ1) is 13.6. The molecular weight excluding hydrogens is 267 g/mol. The number of nitrogens with zero attached hydrogens (tertiary/aromatic N) is 1. The third-order valence-electron chi connectivity index (χ3n) is 2.86. The van der Waals surface area contributed by atoms with E-state index in [1.807, 2.05) is 29.9 Å². The van der Waals surface area contributed by atoms with E-state index in [4.69, 9.17) is 11.6 Å². The van der Waals surface area contributed by atoms with E-state index in [1.54, 1.807) is 0 Å². The molecule has 0 aliphatic rings. The highest BCUT2D eigenvalue weighted by Gasteiger charge is 2.06. The van der Waals surface area contributed by atoms with Crippen LogP contribution in [0.1, 0.15) is 12.1 Å². The molecule has 1 aromatic carbocycles. The van der Waals surface area contributed by atoms with Crippen LogP contribution >= 0.6 is 11.6 Å². The summed E-state index contributed by atoms with van der Waals surface area (Å²) >= 11 is 5.65. The van der Waals surface area contributed by atoms with Gasteiger partial charge in [0.15, 0.2) is 0 Å². The smallest absolute Gasteiger partial charge is 0.224 e. The van der Waals surface area contributed by atoms with Crippen molar-refractivity contribution in [1.82, 2.24) is 4.57 Å². The monoisotopic (exact) mass is 280 g/mol. The Morgan fingerprint density at radius 3 is 2.84 bits per heavy atom. The molecule has 2 aromatic rings. The van der Waals surface area contributed by atoms with Gasteiger partial charge >= 0.3 is 0 Å². The van der Waals surface area contributed by atoms with Crippen molar-refractivity contribution in [3.05, 3.63) is 53.1 Å². The Morgan fingerprint density at radius 1 is 1.42 bits per heavy atom. The first-order chi connectivity index (χ1) is 9.06. The van der Waals surface area contributed by atoms with Gasteiger partial charge in [0.2, 0.25) is 5.91 Å². The number of aryl methyl sites for hydroxylation is 2. The Kier molecular flexibility index (Phi) is 4.22. The molecule has 1 N–H and O–H groups in total. The summed E-state index contributed by atoms with van der Waals surface area (Å²) in [6.07, 6.45) is 2.96. The van der Waals surface area contributed by atoms with E-state index < -0.39 is 5.82 Å². The van der Waals surface area contributed by atoms with Crippen LogP contribution in [0.5, 0.6) is 0 Å². The molecule has 0 bridgehead atoms. The van der Waals surface area contributed by atoms with E-state index in [1.165, 1.54) is 18.2 Å². The molecule has 0 saturated heterocycles. The number of carbonyl (C=O) groups is 1. The second-order valence-corrected chi connectivity index (χ2v) is 4.69. The molecular formula is C14H14ClFN2O. The van der Waals surface area contributed by atoms with Crippen LogP contribution in [0.4, 0.5) is 10.1 Å². The van der Waals surface area contributed by atoms with Crippen LogP contribution in [-0.2, 0) is 18.3 Å². The number of nitrogens with one attached hydrogen (secondary N) is 1. The lowest BCUT2D eigenvalue weighted by atomic mass is 10.2. The molecule has 0 aliphatic heterocycles. The molecule has 19 heavy (non-hydrogen) atoms. The lowest BCUT2D eigenvalue weighted by molar-refractivity contribution is -0.116. The summed E-state index contributed by atoms with van der Waals surface area (Å²) in [6, 6.07) is 8.03. The Balaban J connectivity index is 1.91. The van der Waals surface area contributed by atoms with E-state index in [9.17, 15) is 9.18 Å². The summed E-state index contributed by atoms with van der Waals surface area (Å²) < 4.78 is 14.9. The van der Waals surface area contributed by atoms with Crippen molar-refractivity contribution in [2.75, 3.05) is 5.32 Å². The second-order valence-electron chi connectivity index (χ2n) is 4.29. The van der Waals surface area contributed by atoms with E-state index >= 15 is 0 Å². The molecule has 100 valence electrons. The zero-order valence-corrected chi connectivity index (χ0v) is 11.2. The molecule has 0 spiro atoms. The predicted octanol–water partition coefficient (Wildman–Crippen LogP) is 3.39. The molecule has 0 fully saturated rings. The van der Waals surface area contributed by atoms with Crippen molar-refractivity contribution in [3.8, 4) is 0 Å². The van der Waals surface area contributed by atoms with Gasteiger partial charge in [-0.25, -0.2) is 4.39 Å². The highest BCUT2D eigenvalue weighted by atomic mass is 35.5. The zero-order valence-electron chi connectivity index (χ0n) is 10.5. The molecule has 1 amide bonds. The van der Waals surface area contributed by atoms with Crippen molar-refractivity contribution in [2.45, 2.75) is 12.8 Å². The van der Waals surface area contributed by atoms with Gasteiger partial charge in [-0.1, -0.05) is 11.6 Å². The number of hydrogen-bond donors (Lipinski definition) is 1. The van der Waals surface area contributed by atoms with Crippen LogP contribution in [0, 0.1) is 5.82 Å². The Labute approximate surface area is 116 Å². The van der Waals surface area contributed by atoms with Crippen LogP contribution in [0.25, 0.3) is 0 Å². The van der Waals surface area contributed by atoms with Gasteiger partial charge in [0, 0.05) is 31.0 Å². The molecule has 0 saturated carbocycles. The first-order valence-electron chi connectivity index (χ1n) is 5.91. The third-order valence-corrected chi connectivity index (χ3v) is 3.15. The van der Waals surface area contributed by atoms with Crippen LogP contribution in [0.15, 0.2) is 36.5 Å². The highest BCUT2D eigenvalue weighted by Crippen LogP contribution is 2.19. The van der Waals surface area contributed by atoms with Gasteiger partial charge in [-0.05, 0) is 36.8 Å². The van der Waals surface area contributed by atoms with E-state index in [2.05, 4.69) is 5.32 Å². The summed E-state index contributed by atoms with van der Waals surface area (Å²) in [5.74, 6) is -0.618. The number of amides is 1. The number of rotatable bonds is 4. The van der Waals surface area contributed by atoms with Gasteiger partial charge in [-0.2, -0.15) is 0 Å². The van der Waals surface area contributed by atoms with Gasteiger partial charge in [-0.15, -0.1) is 0 Å². The van der Waals surface area contributed by atoms with Gasteiger partial charge < -0.3 is 9.88 Å². The molecule has 5 heteroatoms. The van der Waals surface area contributed by atoms with Crippen LogP contribution in [-0.4, -0.2) is 10.5 Å². The van der Waals surface area contributed by atoms with Gasteiger partial charge in [0.05, 0.1) is 5.02 Å². The Morgan fingerprint density at radius 2 is 2.21 bits per heavy atom. The SMILES string of the molecule is Cn1cccc1CCC(=O)Nc1ccc(F)c(Cl)c1. The van der Waals surface area contributed by atoms with Crippen molar-refractivity contribution in [2.24, 2.45) is 7.05 Å². The average molecular weight is 281 g/mol. The number of aromatic nitrogens is 1. The topological polar surface area (TPSA) is 34.0 Å². The third kappa shape index (κ3) is 3.58. The van der Waals surface area contributed by atoms with Gasteiger partial charge in [0.25, 0.3) is 0 Å². The average Bonchev–Trinajstić information content (AvgIpc) is 2.77. The van der Waals surface area contributed by atoms with Gasteiger partial charge in [-0.3, -0.25) is 4.79 Å². The quantitative estimate of drug-likeness (QED) is 0.915. The van der Waals surface area contributed by atoms with Crippen LogP contribution < -0.4 is 5.32 Å². The van der Waals surface area contributed by atoms with E-state index in [0.29, 0.717) is 18.5 Å². The minimum atomic E-state index is -0.497. The maximum Gasteiger partial charge on any atom is 0.224 e. The number of anilines is 1. The molecule has 2 rings (SSSR count).